The quantitative estimate of drug-likeness (QED) is 0.290. The molecule has 0 unspecified atom stereocenters. The molecule has 0 spiro atoms. The van der Waals surface area contributed by atoms with Gasteiger partial charge in [-0.15, -0.1) is 0 Å². The smallest absolute Gasteiger partial charge is 0.324 e. The molecule has 2 aromatic heterocycles. The topological polar surface area (TPSA) is 93.5 Å². The summed E-state index contributed by atoms with van der Waals surface area (Å²) in [6, 6.07) is 20.7. The maximum Gasteiger partial charge on any atom is 0.324 e. The number of hydrogen-bond acceptors (Lipinski definition) is 6. The first-order valence-corrected chi connectivity index (χ1v) is 13.6. The van der Waals surface area contributed by atoms with Crippen molar-refractivity contribution in [1.82, 2.24) is 19.7 Å². The molecular weight excluding hydrogens is 504 g/mol. The predicted molar refractivity (Wildman–Crippen MR) is 157 cm³/mol. The third-order valence-electron chi connectivity index (χ3n) is 6.72. The van der Waals surface area contributed by atoms with Gasteiger partial charge < -0.3 is 14.8 Å². The number of benzene rings is 2. The van der Waals surface area contributed by atoms with E-state index in [1.165, 1.54) is 5.56 Å². The number of urea groups is 1. The lowest BCUT2D eigenvalue weighted by atomic mass is 9.92. The second kappa shape index (κ2) is 12.3. The van der Waals surface area contributed by atoms with Crippen LogP contribution in [-0.2, 0) is 16.6 Å². The molecule has 1 saturated heterocycles. The van der Waals surface area contributed by atoms with Crippen molar-refractivity contribution in [1.29, 1.82) is 0 Å². The molecule has 1 fully saturated rings. The van der Waals surface area contributed by atoms with Gasteiger partial charge in [-0.05, 0) is 60.5 Å². The minimum absolute atomic E-state index is 0.180. The lowest BCUT2D eigenvalue weighted by Crippen LogP contribution is -2.37. The van der Waals surface area contributed by atoms with E-state index in [1.54, 1.807) is 53.5 Å². The number of carbonyl (C=O) groups is 1. The summed E-state index contributed by atoms with van der Waals surface area (Å²) in [4.78, 5) is 19.4. The van der Waals surface area contributed by atoms with Crippen molar-refractivity contribution in [2.75, 3.05) is 43.5 Å². The number of hydrogen-bond donors (Lipinski definition) is 2. The van der Waals surface area contributed by atoms with Gasteiger partial charge in [0.05, 0.1) is 24.6 Å². The van der Waals surface area contributed by atoms with Crippen LogP contribution < -0.4 is 15.4 Å². The minimum Gasteiger partial charge on any atom is -0.457 e. The molecule has 40 heavy (non-hydrogen) atoms. The zero-order valence-corrected chi connectivity index (χ0v) is 23.3. The molecule has 2 amide bonds. The van der Waals surface area contributed by atoms with E-state index in [4.69, 9.17) is 14.6 Å². The normalized spacial score (nSPS) is 14.1. The Hall–Kier alpha value is -4.21. The summed E-state index contributed by atoms with van der Waals surface area (Å²) in [5.41, 5.74) is 3.50. The zero-order valence-electron chi connectivity index (χ0n) is 23.3. The zero-order chi connectivity index (χ0) is 28.0. The van der Waals surface area contributed by atoms with E-state index in [0.29, 0.717) is 23.0 Å². The van der Waals surface area contributed by atoms with Crippen molar-refractivity contribution in [3.63, 3.8) is 0 Å². The van der Waals surface area contributed by atoms with Crippen molar-refractivity contribution in [2.24, 2.45) is 0 Å². The van der Waals surface area contributed by atoms with E-state index < -0.39 is 0 Å². The Morgan fingerprint density at radius 2 is 1.60 bits per heavy atom. The number of nitrogens with zero attached hydrogens (tertiary/aromatic N) is 4. The predicted octanol–water partition coefficient (Wildman–Crippen LogP) is 5.88. The molecule has 9 nitrogen and oxygen atoms in total. The molecule has 0 aliphatic carbocycles. The summed E-state index contributed by atoms with van der Waals surface area (Å²) in [5, 5.41) is 10.7. The molecule has 2 N–H and O–H groups in total. The summed E-state index contributed by atoms with van der Waals surface area (Å²) < 4.78 is 13.0. The second-order valence-electron chi connectivity index (χ2n) is 10.8. The van der Waals surface area contributed by atoms with Crippen LogP contribution in [0, 0.1) is 0 Å². The molecular formula is C31H36N6O3. The van der Waals surface area contributed by atoms with Crippen molar-refractivity contribution >= 4 is 17.5 Å². The molecule has 1 aliphatic rings. The van der Waals surface area contributed by atoms with Crippen molar-refractivity contribution in [2.45, 2.75) is 32.6 Å². The number of morpholine rings is 1. The standard InChI is InChI=1S/C31H36N6O3/c1-31(2,3)28-22-29(34-30(38)33-24-6-10-26(11-7-24)40-27-12-15-32-16-13-27)37(35-28)25-8-4-23(5-9-25)14-17-36-18-20-39-21-19-36/h4-13,15-16,22H,14,17-21H2,1-3H3,(H2,33,34,38). The number of pyridine rings is 1. The highest BCUT2D eigenvalue weighted by atomic mass is 16.5. The van der Waals surface area contributed by atoms with Gasteiger partial charge in [-0.3, -0.25) is 15.2 Å². The Morgan fingerprint density at radius 1 is 0.925 bits per heavy atom. The average Bonchev–Trinajstić information content (AvgIpc) is 3.39. The first-order valence-electron chi connectivity index (χ1n) is 13.6. The Morgan fingerprint density at radius 3 is 2.27 bits per heavy atom. The van der Waals surface area contributed by atoms with Gasteiger partial charge in [0.1, 0.15) is 17.3 Å². The van der Waals surface area contributed by atoms with Gasteiger partial charge in [-0.1, -0.05) is 32.9 Å². The molecule has 3 heterocycles. The van der Waals surface area contributed by atoms with E-state index in [0.717, 1.165) is 50.7 Å². The number of carbonyl (C=O) groups excluding carboxylic acids is 1. The molecule has 0 bridgehead atoms. The fourth-order valence-corrected chi connectivity index (χ4v) is 4.38. The van der Waals surface area contributed by atoms with E-state index in [-0.39, 0.29) is 11.4 Å². The highest BCUT2D eigenvalue weighted by Gasteiger charge is 2.22. The van der Waals surface area contributed by atoms with E-state index in [2.05, 4.69) is 65.6 Å². The average molecular weight is 541 g/mol. The van der Waals surface area contributed by atoms with Gasteiger partial charge in [0.2, 0.25) is 0 Å². The van der Waals surface area contributed by atoms with Crippen LogP contribution in [0.2, 0.25) is 0 Å². The fraction of sp³-hybridized carbons (Fsp3) is 0.323. The Balaban J connectivity index is 1.25. The maximum absolute atomic E-state index is 13.0. The van der Waals surface area contributed by atoms with Gasteiger partial charge in [0, 0.05) is 49.2 Å². The van der Waals surface area contributed by atoms with Gasteiger partial charge in [-0.25, -0.2) is 9.48 Å². The monoisotopic (exact) mass is 540 g/mol. The summed E-state index contributed by atoms with van der Waals surface area (Å²) in [6.07, 6.45) is 4.32. The third kappa shape index (κ3) is 7.25. The molecule has 208 valence electrons. The van der Waals surface area contributed by atoms with Crippen LogP contribution in [0.25, 0.3) is 5.69 Å². The van der Waals surface area contributed by atoms with Crippen LogP contribution in [0.5, 0.6) is 11.5 Å². The number of amides is 2. The number of aromatic nitrogens is 3. The first kappa shape index (κ1) is 27.4. The van der Waals surface area contributed by atoms with Crippen LogP contribution in [-0.4, -0.2) is 58.5 Å². The number of nitrogens with one attached hydrogen (secondary N) is 2. The minimum atomic E-state index is -0.355. The maximum atomic E-state index is 13.0. The summed E-state index contributed by atoms with van der Waals surface area (Å²) in [7, 11) is 0. The van der Waals surface area contributed by atoms with Gasteiger partial charge in [0.15, 0.2) is 0 Å². The fourth-order valence-electron chi connectivity index (χ4n) is 4.38. The Bertz CT molecular complexity index is 1390. The molecule has 0 saturated carbocycles. The summed E-state index contributed by atoms with van der Waals surface area (Å²) in [5.74, 6) is 1.96. The lowest BCUT2D eigenvalue weighted by molar-refractivity contribution is 0.0384. The van der Waals surface area contributed by atoms with Crippen LogP contribution in [0.3, 0.4) is 0 Å². The highest BCUT2D eigenvalue weighted by molar-refractivity contribution is 5.99. The number of ether oxygens (including phenoxy) is 2. The Labute approximate surface area is 235 Å². The van der Waals surface area contributed by atoms with Gasteiger partial charge in [-0.2, -0.15) is 5.10 Å². The SMILES string of the molecule is CC(C)(C)c1cc(NC(=O)Nc2ccc(Oc3ccncc3)cc2)n(-c2ccc(CCN3CCOCC3)cc2)n1. The number of rotatable bonds is 8. The number of anilines is 2. The first-order chi connectivity index (χ1) is 19.3. The molecule has 1 aliphatic heterocycles. The van der Waals surface area contributed by atoms with Gasteiger partial charge in [0.25, 0.3) is 0 Å². The Kier molecular flexibility index (Phi) is 8.42. The van der Waals surface area contributed by atoms with Crippen molar-refractivity contribution < 1.29 is 14.3 Å². The largest absolute Gasteiger partial charge is 0.457 e. The second-order valence-corrected chi connectivity index (χ2v) is 10.8. The molecule has 0 radical (unpaired) electrons. The van der Waals surface area contributed by atoms with E-state index in [9.17, 15) is 4.79 Å². The molecule has 5 rings (SSSR count). The van der Waals surface area contributed by atoms with Crippen molar-refractivity contribution in [3.05, 3.63) is 90.4 Å². The van der Waals surface area contributed by atoms with E-state index in [1.807, 2.05) is 6.07 Å². The molecule has 0 atom stereocenters. The molecule has 2 aromatic carbocycles. The van der Waals surface area contributed by atoms with Crippen molar-refractivity contribution in [3.8, 4) is 17.2 Å². The van der Waals surface area contributed by atoms with E-state index >= 15 is 0 Å². The summed E-state index contributed by atoms with van der Waals surface area (Å²) in [6.45, 7) is 10.9. The third-order valence-corrected chi connectivity index (χ3v) is 6.72. The van der Waals surface area contributed by atoms with Crippen LogP contribution in [0.1, 0.15) is 32.0 Å². The van der Waals surface area contributed by atoms with Gasteiger partial charge >= 0.3 is 6.03 Å². The van der Waals surface area contributed by atoms with Crippen LogP contribution in [0.4, 0.5) is 16.3 Å². The molecule has 4 aromatic rings. The lowest BCUT2D eigenvalue weighted by Gasteiger charge is -2.26. The van der Waals surface area contributed by atoms with Crippen LogP contribution >= 0.6 is 0 Å². The summed E-state index contributed by atoms with van der Waals surface area (Å²) >= 11 is 0. The molecule has 9 heteroatoms. The highest BCUT2D eigenvalue weighted by Crippen LogP contribution is 2.27. The van der Waals surface area contributed by atoms with Crippen LogP contribution in [0.15, 0.2) is 79.1 Å².